The molecule has 8 aromatic rings. The highest BCUT2D eigenvalue weighted by Gasteiger charge is 2.21. The van der Waals surface area contributed by atoms with Crippen molar-refractivity contribution in [2.75, 3.05) is 4.90 Å². The van der Waals surface area contributed by atoms with Crippen molar-refractivity contribution in [1.29, 1.82) is 0 Å². The van der Waals surface area contributed by atoms with Gasteiger partial charge in [0.15, 0.2) is 17.5 Å². The fourth-order valence-electron chi connectivity index (χ4n) is 5.64. The first kappa shape index (κ1) is 26.0. The topological polar surface area (TPSA) is 41.9 Å². The summed E-state index contributed by atoms with van der Waals surface area (Å²) >= 11 is 1.83. The quantitative estimate of drug-likeness (QED) is 0.196. The number of aromatic nitrogens is 3. The fraction of sp³-hybridized carbons (Fsp3) is 0. The van der Waals surface area contributed by atoms with Gasteiger partial charge in [0.2, 0.25) is 0 Å². The van der Waals surface area contributed by atoms with Crippen molar-refractivity contribution in [1.82, 2.24) is 15.0 Å². The maximum Gasteiger partial charge on any atom is 0.166 e. The van der Waals surface area contributed by atoms with E-state index in [0.29, 0.717) is 17.5 Å². The highest BCUT2D eigenvalue weighted by atomic mass is 32.1. The molecule has 2 heterocycles. The van der Waals surface area contributed by atoms with E-state index in [0.717, 1.165) is 33.8 Å². The average Bonchev–Trinajstić information content (AvgIpc) is 3.48. The Morgan fingerprint density at radius 3 is 1.66 bits per heavy atom. The molecule has 0 aliphatic rings. The lowest BCUT2D eigenvalue weighted by molar-refractivity contribution is 1.07. The van der Waals surface area contributed by atoms with E-state index in [1.807, 2.05) is 84.1 Å². The monoisotopic (exact) mass is 582 g/mol. The summed E-state index contributed by atoms with van der Waals surface area (Å²) in [5.74, 6) is 1.90. The third-order valence-electron chi connectivity index (χ3n) is 7.72. The molecular weight excluding hydrogens is 557 g/mol. The Kier molecular flexibility index (Phi) is 6.63. The normalized spacial score (nSPS) is 11.2. The van der Waals surface area contributed by atoms with Gasteiger partial charge in [-0.2, -0.15) is 0 Å². The molecule has 0 saturated carbocycles. The van der Waals surface area contributed by atoms with Crippen LogP contribution < -0.4 is 4.90 Å². The predicted molar refractivity (Wildman–Crippen MR) is 184 cm³/mol. The van der Waals surface area contributed by atoms with E-state index in [9.17, 15) is 0 Å². The highest BCUT2D eigenvalue weighted by Crippen LogP contribution is 2.43. The molecule has 0 aliphatic heterocycles. The van der Waals surface area contributed by atoms with Crippen molar-refractivity contribution in [3.63, 3.8) is 0 Å². The van der Waals surface area contributed by atoms with Crippen LogP contribution in [0.25, 0.3) is 54.3 Å². The Hall–Kier alpha value is -5.65. The van der Waals surface area contributed by atoms with Crippen molar-refractivity contribution in [2.45, 2.75) is 0 Å². The molecule has 0 fully saturated rings. The first-order valence-corrected chi connectivity index (χ1v) is 15.4. The van der Waals surface area contributed by atoms with Crippen molar-refractivity contribution >= 4 is 48.6 Å². The minimum atomic E-state index is 0.622. The molecule has 8 rings (SSSR count). The summed E-state index contributed by atoms with van der Waals surface area (Å²) in [5, 5.41) is 2.52. The molecule has 208 valence electrons. The van der Waals surface area contributed by atoms with Crippen LogP contribution in [0.1, 0.15) is 0 Å². The summed E-state index contributed by atoms with van der Waals surface area (Å²) in [4.78, 5) is 17.3. The molecule has 44 heavy (non-hydrogen) atoms. The number of thiophene rings is 1. The van der Waals surface area contributed by atoms with E-state index < -0.39 is 0 Å². The fourth-order valence-corrected chi connectivity index (χ4v) is 6.73. The van der Waals surface area contributed by atoms with Crippen molar-refractivity contribution in [2.24, 2.45) is 0 Å². The second-order valence-electron chi connectivity index (χ2n) is 10.5. The summed E-state index contributed by atoms with van der Waals surface area (Å²) in [6.45, 7) is 0. The molecule has 0 N–H and O–H groups in total. The first-order chi connectivity index (χ1) is 21.8. The van der Waals surface area contributed by atoms with Crippen LogP contribution in [0, 0.1) is 0 Å². The minimum absolute atomic E-state index is 0.622. The Bertz CT molecular complexity index is 2170. The summed E-state index contributed by atoms with van der Waals surface area (Å²) in [7, 11) is 0. The third kappa shape index (κ3) is 4.79. The Balaban J connectivity index is 1.36. The van der Waals surface area contributed by atoms with E-state index in [2.05, 4.69) is 89.8 Å². The molecule has 0 bridgehead atoms. The Labute approximate surface area is 259 Å². The number of benzene rings is 6. The zero-order chi connectivity index (χ0) is 29.3. The number of para-hydroxylation sites is 2. The molecule has 5 heteroatoms. The molecule has 0 spiro atoms. The van der Waals surface area contributed by atoms with Gasteiger partial charge in [-0.25, -0.2) is 15.0 Å². The number of hydrogen-bond donors (Lipinski definition) is 0. The summed E-state index contributed by atoms with van der Waals surface area (Å²) < 4.78 is 2.56. The second kappa shape index (κ2) is 11.2. The van der Waals surface area contributed by atoms with Crippen LogP contribution in [0.2, 0.25) is 0 Å². The van der Waals surface area contributed by atoms with Crippen LogP contribution in [-0.4, -0.2) is 15.0 Å². The number of anilines is 3. The molecule has 0 aliphatic carbocycles. The van der Waals surface area contributed by atoms with Crippen LogP contribution in [0.15, 0.2) is 158 Å². The molecule has 0 atom stereocenters. The molecular formula is C39H26N4S. The maximum absolute atomic E-state index is 5.07. The first-order valence-electron chi connectivity index (χ1n) is 14.5. The van der Waals surface area contributed by atoms with Gasteiger partial charge < -0.3 is 4.90 Å². The molecule has 0 saturated heterocycles. The number of rotatable bonds is 6. The summed E-state index contributed by atoms with van der Waals surface area (Å²) in [6, 6.07) is 54.4. The third-order valence-corrected chi connectivity index (χ3v) is 8.87. The molecule has 0 unspecified atom stereocenters. The van der Waals surface area contributed by atoms with Gasteiger partial charge in [0.1, 0.15) is 0 Å². The van der Waals surface area contributed by atoms with E-state index in [4.69, 9.17) is 15.0 Å². The Morgan fingerprint density at radius 1 is 0.409 bits per heavy atom. The smallest absolute Gasteiger partial charge is 0.166 e. The Morgan fingerprint density at radius 2 is 0.955 bits per heavy atom. The van der Waals surface area contributed by atoms with E-state index >= 15 is 0 Å². The molecule has 0 radical (unpaired) electrons. The van der Waals surface area contributed by atoms with Crippen LogP contribution in [-0.2, 0) is 0 Å². The largest absolute Gasteiger partial charge is 0.310 e. The van der Waals surface area contributed by atoms with Gasteiger partial charge in [-0.05, 0) is 48.5 Å². The van der Waals surface area contributed by atoms with Crippen LogP contribution in [0.4, 0.5) is 17.1 Å². The molecule has 0 amide bonds. The van der Waals surface area contributed by atoms with Gasteiger partial charge in [-0.1, -0.05) is 109 Å². The van der Waals surface area contributed by atoms with Crippen LogP contribution >= 0.6 is 11.3 Å². The highest BCUT2D eigenvalue weighted by molar-refractivity contribution is 7.25. The van der Waals surface area contributed by atoms with Gasteiger partial charge in [0.05, 0.1) is 5.69 Å². The van der Waals surface area contributed by atoms with Crippen molar-refractivity contribution in [3.8, 4) is 34.2 Å². The molecule has 6 aromatic carbocycles. The van der Waals surface area contributed by atoms with Gasteiger partial charge in [0.25, 0.3) is 0 Å². The lowest BCUT2D eigenvalue weighted by Crippen LogP contribution is -2.12. The van der Waals surface area contributed by atoms with Crippen molar-refractivity contribution in [3.05, 3.63) is 158 Å². The second-order valence-corrected chi connectivity index (χ2v) is 11.6. The van der Waals surface area contributed by atoms with E-state index in [-0.39, 0.29) is 0 Å². The van der Waals surface area contributed by atoms with Gasteiger partial charge in [-0.15, -0.1) is 11.3 Å². The summed E-state index contributed by atoms with van der Waals surface area (Å²) in [5.41, 5.74) is 5.92. The summed E-state index contributed by atoms with van der Waals surface area (Å²) in [6.07, 6.45) is 0. The van der Waals surface area contributed by atoms with Crippen LogP contribution in [0.3, 0.4) is 0 Å². The van der Waals surface area contributed by atoms with Gasteiger partial charge in [-0.3, -0.25) is 0 Å². The standard InChI is InChI=1S/C39H26N4S/c1-4-14-27(15-5-1)37-40-38(28-16-6-2-7-17-28)42-39(41-37)32-21-10-12-22-34(32)43(29-18-8-3-9-19-29)30-24-25-36-33(26-30)31-20-11-13-23-35(31)44-36/h1-26H. The lowest BCUT2D eigenvalue weighted by atomic mass is 10.1. The zero-order valence-electron chi connectivity index (χ0n) is 23.7. The molecule has 4 nitrogen and oxygen atoms in total. The average molecular weight is 583 g/mol. The maximum atomic E-state index is 5.07. The van der Waals surface area contributed by atoms with Gasteiger partial charge >= 0.3 is 0 Å². The predicted octanol–water partition coefficient (Wildman–Crippen LogP) is 10.7. The zero-order valence-corrected chi connectivity index (χ0v) is 24.5. The number of nitrogens with zero attached hydrogens (tertiary/aromatic N) is 4. The molecule has 2 aromatic heterocycles. The lowest BCUT2D eigenvalue weighted by Gasteiger charge is -2.27. The van der Waals surface area contributed by atoms with Gasteiger partial charge in [0, 0.05) is 48.2 Å². The number of fused-ring (bicyclic) bond motifs is 3. The minimum Gasteiger partial charge on any atom is -0.310 e. The van der Waals surface area contributed by atoms with Crippen molar-refractivity contribution < 1.29 is 0 Å². The van der Waals surface area contributed by atoms with E-state index in [1.54, 1.807) is 0 Å². The van der Waals surface area contributed by atoms with Crippen LogP contribution in [0.5, 0.6) is 0 Å². The SMILES string of the molecule is c1ccc(-c2nc(-c3ccccc3)nc(-c3ccccc3N(c3ccccc3)c3ccc4sc5ccccc5c4c3)n2)cc1. The number of hydrogen-bond acceptors (Lipinski definition) is 5. The van der Waals surface area contributed by atoms with E-state index in [1.165, 1.54) is 20.2 Å².